The molecule has 0 atom stereocenters. The molecule has 2 aromatic carbocycles. The summed E-state index contributed by atoms with van der Waals surface area (Å²) in [6.45, 7) is 1.35. The van der Waals surface area contributed by atoms with E-state index in [0.29, 0.717) is 47.0 Å². The molecule has 1 saturated heterocycles. The van der Waals surface area contributed by atoms with Gasteiger partial charge in [-0.05, 0) is 61.2 Å². The van der Waals surface area contributed by atoms with Gasteiger partial charge in [0.1, 0.15) is 11.9 Å². The molecule has 5 nitrogen and oxygen atoms in total. The van der Waals surface area contributed by atoms with Gasteiger partial charge in [-0.15, -0.1) is 12.6 Å². The second-order valence-electron chi connectivity index (χ2n) is 6.45. The molecule has 1 aliphatic heterocycles. The number of piperidine rings is 1. The molecule has 1 aliphatic rings. The van der Waals surface area contributed by atoms with Crippen molar-refractivity contribution in [2.75, 3.05) is 13.1 Å². The van der Waals surface area contributed by atoms with E-state index in [1.807, 2.05) is 0 Å². The second kappa shape index (κ2) is 9.29. The lowest BCUT2D eigenvalue weighted by molar-refractivity contribution is -0.137. The predicted octanol–water partition coefficient (Wildman–Crippen LogP) is 4.66. The minimum atomic E-state index is -4.36. The third-order valence-electron chi connectivity index (χ3n) is 4.45. The Morgan fingerprint density at radius 2 is 1.83 bits per heavy atom. The smallest absolute Gasteiger partial charge is 0.416 e. The van der Waals surface area contributed by atoms with Gasteiger partial charge < -0.3 is 4.74 Å². The Hall–Kier alpha value is -1.88. The van der Waals surface area contributed by atoms with Crippen LogP contribution >= 0.6 is 24.6 Å². The minimum Gasteiger partial charge on any atom is -0.490 e. The Morgan fingerprint density at radius 3 is 2.41 bits per heavy atom. The molecule has 1 heterocycles. The van der Waals surface area contributed by atoms with Crippen LogP contribution in [0.25, 0.3) is 0 Å². The van der Waals surface area contributed by atoms with Crippen LogP contribution in [0.3, 0.4) is 0 Å². The van der Waals surface area contributed by atoms with Crippen molar-refractivity contribution in [1.29, 1.82) is 0 Å². The summed E-state index contributed by atoms with van der Waals surface area (Å²) < 4.78 is 45.8. The number of benzene rings is 2. The van der Waals surface area contributed by atoms with Crippen molar-refractivity contribution in [1.82, 2.24) is 9.79 Å². The van der Waals surface area contributed by atoms with Crippen molar-refractivity contribution < 1.29 is 27.9 Å². The van der Waals surface area contributed by atoms with E-state index in [9.17, 15) is 18.0 Å². The van der Waals surface area contributed by atoms with Crippen LogP contribution in [-0.2, 0) is 6.18 Å². The Morgan fingerprint density at radius 1 is 1.17 bits per heavy atom. The fourth-order valence-corrected chi connectivity index (χ4v) is 4.46. The zero-order chi connectivity index (χ0) is 21.0. The number of hydrogen-bond donors (Lipinski definition) is 3. The Labute approximate surface area is 175 Å². The average molecular weight is 445 g/mol. The summed E-state index contributed by atoms with van der Waals surface area (Å²) in [7, 11) is 0. The topological polar surface area (TPSA) is 61.8 Å². The first-order valence-electron chi connectivity index (χ1n) is 8.81. The molecular formula is C19H19F3N2O3S2. The van der Waals surface area contributed by atoms with E-state index < -0.39 is 17.6 Å². The summed E-state index contributed by atoms with van der Waals surface area (Å²) in [4.78, 5) is 13.0. The zero-order valence-electron chi connectivity index (χ0n) is 15.1. The molecule has 156 valence electrons. The molecule has 0 saturated carbocycles. The maximum atomic E-state index is 12.6. The lowest BCUT2D eigenvalue weighted by Crippen LogP contribution is -2.34. The Balaban J connectivity index is 1.56. The zero-order valence-corrected chi connectivity index (χ0v) is 16.9. The SMILES string of the molecule is O=C(NO)c1c(S)cccc1SN1CCC(Oc2ccc(C(F)(F)F)cc2)CC1. The van der Waals surface area contributed by atoms with Crippen LogP contribution < -0.4 is 10.2 Å². The van der Waals surface area contributed by atoms with Gasteiger partial charge in [-0.3, -0.25) is 10.0 Å². The summed E-state index contributed by atoms with van der Waals surface area (Å²) in [5.74, 6) is -0.215. The first kappa shape index (κ1) is 21.8. The number of amides is 1. The van der Waals surface area contributed by atoms with Gasteiger partial charge in [-0.25, -0.2) is 9.79 Å². The van der Waals surface area contributed by atoms with Crippen molar-refractivity contribution in [3.63, 3.8) is 0 Å². The van der Waals surface area contributed by atoms with Gasteiger partial charge in [0.05, 0.1) is 11.1 Å². The number of thiol groups is 1. The van der Waals surface area contributed by atoms with Crippen LogP contribution in [0.1, 0.15) is 28.8 Å². The van der Waals surface area contributed by atoms with Gasteiger partial charge in [-0.2, -0.15) is 13.2 Å². The molecule has 2 N–H and O–H groups in total. The van der Waals surface area contributed by atoms with Gasteiger partial charge in [0.2, 0.25) is 0 Å². The molecule has 10 heteroatoms. The van der Waals surface area contributed by atoms with Gasteiger partial charge in [0.15, 0.2) is 0 Å². The Bertz CT molecular complexity index is 855. The van der Waals surface area contributed by atoms with Crippen LogP contribution in [0.5, 0.6) is 5.75 Å². The molecule has 29 heavy (non-hydrogen) atoms. The summed E-state index contributed by atoms with van der Waals surface area (Å²) >= 11 is 5.67. The highest BCUT2D eigenvalue weighted by molar-refractivity contribution is 7.97. The van der Waals surface area contributed by atoms with Crippen LogP contribution in [0, 0.1) is 0 Å². The Kier molecular flexibility index (Phi) is 6.99. The summed E-state index contributed by atoms with van der Waals surface area (Å²) in [5.41, 5.74) is 1.23. The van der Waals surface area contributed by atoms with Crippen LogP contribution in [-0.4, -0.2) is 34.6 Å². The van der Waals surface area contributed by atoms with Crippen molar-refractivity contribution >= 4 is 30.5 Å². The van der Waals surface area contributed by atoms with Crippen molar-refractivity contribution in [2.45, 2.75) is 34.9 Å². The highest BCUT2D eigenvalue weighted by Gasteiger charge is 2.30. The quantitative estimate of drug-likeness (QED) is 0.271. The first-order chi connectivity index (χ1) is 13.8. The number of rotatable bonds is 5. The molecule has 0 radical (unpaired) electrons. The third-order valence-corrected chi connectivity index (χ3v) is 5.98. The summed E-state index contributed by atoms with van der Waals surface area (Å²) in [6.07, 6.45) is -3.08. The van der Waals surface area contributed by atoms with Crippen LogP contribution in [0.4, 0.5) is 13.2 Å². The number of carbonyl (C=O) groups is 1. The molecule has 0 unspecified atom stereocenters. The molecule has 0 aromatic heterocycles. The molecule has 1 fully saturated rings. The van der Waals surface area contributed by atoms with E-state index in [-0.39, 0.29) is 6.10 Å². The maximum absolute atomic E-state index is 12.6. The molecule has 0 bridgehead atoms. The van der Waals surface area contributed by atoms with Gasteiger partial charge >= 0.3 is 6.18 Å². The average Bonchev–Trinajstić information content (AvgIpc) is 2.69. The van der Waals surface area contributed by atoms with E-state index in [1.54, 1.807) is 23.7 Å². The van der Waals surface area contributed by atoms with Crippen LogP contribution in [0.2, 0.25) is 0 Å². The van der Waals surface area contributed by atoms with Crippen molar-refractivity contribution in [2.24, 2.45) is 0 Å². The third kappa shape index (κ3) is 5.59. The van der Waals surface area contributed by atoms with E-state index >= 15 is 0 Å². The lowest BCUT2D eigenvalue weighted by Gasteiger charge is -2.31. The number of ether oxygens (including phenoxy) is 1. The highest BCUT2D eigenvalue weighted by Crippen LogP contribution is 2.33. The van der Waals surface area contributed by atoms with E-state index in [2.05, 4.69) is 16.9 Å². The largest absolute Gasteiger partial charge is 0.490 e. The standard InChI is InChI=1S/C19H19F3N2O3S2/c20-19(21,22)12-4-6-13(7-5-12)27-14-8-10-24(11-9-14)29-16-3-1-2-15(28)17(16)18(25)23-26/h1-7,14,26,28H,8-11H2,(H,23,25). The number of nitrogens with zero attached hydrogens (tertiary/aromatic N) is 1. The fourth-order valence-electron chi connectivity index (χ4n) is 2.98. The normalized spacial score (nSPS) is 15.9. The fraction of sp³-hybridized carbons (Fsp3) is 0.316. The molecular weight excluding hydrogens is 425 g/mol. The number of alkyl halides is 3. The van der Waals surface area contributed by atoms with E-state index in [4.69, 9.17) is 9.94 Å². The van der Waals surface area contributed by atoms with E-state index in [0.717, 1.165) is 12.1 Å². The molecule has 0 aliphatic carbocycles. The highest BCUT2D eigenvalue weighted by atomic mass is 32.2. The summed E-state index contributed by atoms with van der Waals surface area (Å²) in [5, 5.41) is 8.94. The lowest BCUT2D eigenvalue weighted by atomic mass is 10.1. The minimum absolute atomic E-state index is 0.0972. The number of hydrogen-bond acceptors (Lipinski definition) is 6. The van der Waals surface area contributed by atoms with Gasteiger partial charge in [0.25, 0.3) is 5.91 Å². The molecule has 2 aromatic rings. The van der Waals surface area contributed by atoms with Gasteiger partial charge in [-0.1, -0.05) is 6.07 Å². The number of halogens is 3. The first-order valence-corrected chi connectivity index (χ1v) is 10.0. The van der Waals surface area contributed by atoms with Crippen molar-refractivity contribution in [3.05, 3.63) is 53.6 Å². The monoisotopic (exact) mass is 444 g/mol. The molecule has 3 rings (SSSR count). The molecule has 0 spiro atoms. The predicted molar refractivity (Wildman–Crippen MR) is 105 cm³/mol. The molecule has 1 amide bonds. The second-order valence-corrected chi connectivity index (χ2v) is 8.07. The summed E-state index contributed by atoms with van der Waals surface area (Å²) in [6, 6.07) is 9.92. The van der Waals surface area contributed by atoms with Crippen molar-refractivity contribution in [3.8, 4) is 5.75 Å². The van der Waals surface area contributed by atoms with Crippen LogP contribution in [0.15, 0.2) is 52.3 Å². The maximum Gasteiger partial charge on any atom is 0.416 e. The number of hydroxylamine groups is 1. The number of carbonyl (C=O) groups excluding carboxylic acids is 1. The van der Waals surface area contributed by atoms with E-state index in [1.165, 1.54) is 24.1 Å². The van der Waals surface area contributed by atoms with Gasteiger partial charge in [0, 0.05) is 22.9 Å². The number of nitrogens with one attached hydrogen (secondary N) is 1.